The predicted octanol–water partition coefficient (Wildman–Crippen LogP) is 2.49. The van der Waals surface area contributed by atoms with Crippen molar-refractivity contribution in [1.82, 2.24) is 14.7 Å². The number of para-hydroxylation sites is 1. The lowest BCUT2D eigenvalue weighted by molar-refractivity contribution is -0.116. The third-order valence-electron chi connectivity index (χ3n) is 5.34. The van der Waals surface area contributed by atoms with Gasteiger partial charge in [0.1, 0.15) is 0 Å². The normalized spacial score (nSPS) is 20.5. The Balaban J connectivity index is 1.61. The van der Waals surface area contributed by atoms with Gasteiger partial charge in [-0.2, -0.15) is 5.10 Å². The highest BCUT2D eigenvalue weighted by atomic mass is 16.1. The number of hydrogen-bond acceptors (Lipinski definition) is 4. The molecule has 0 radical (unpaired) electrons. The number of nitrogens with one attached hydrogen (secondary N) is 1. The molecule has 6 nitrogen and oxygen atoms in total. The number of carbonyl (C=O) groups excluding carboxylic acids is 1. The molecule has 26 heavy (non-hydrogen) atoms. The van der Waals surface area contributed by atoms with Crippen LogP contribution < -0.4 is 11.1 Å². The number of anilines is 1. The first kappa shape index (κ1) is 18.6. The molecule has 1 aliphatic rings. The Kier molecular flexibility index (Phi) is 5.44. The molecule has 0 saturated carbocycles. The molecule has 3 rings (SSSR count). The summed E-state index contributed by atoms with van der Waals surface area (Å²) in [5.74, 6) is 0.0326. The summed E-state index contributed by atoms with van der Waals surface area (Å²) in [6.07, 6.45) is 1.59. The number of nitrogens with two attached hydrogens (primary N) is 1. The van der Waals surface area contributed by atoms with Crippen molar-refractivity contribution in [3.8, 4) is 5.69 Å². The van der Waals surface area contributed by atoms with E-state index in [2.05, 4.69) is 22.2 Å². The van der Waals surface area contributed by atoms with Crippen molar-refractivity contribution in [1.29, 1.82) is 0 Å². The number of nitrogens with zero attached hydrogens (tertiary/aromatic N) is 3. The third kappa shape index (κ3) is 3.97. The summed E-state index contributed by atoms with van der Waals surface area (Å²) in [6.45, 7) is 9.59. The summed E-state index contributed by atoms with van der Waals surface area (Å²) in [5, 5.41) is 7.63. The molecular weight excluding hydrogens is 326 g/mol. The van der Waals surface area contributed by atoms with Crippen molar-refractivity contribution in [2.75, 3.05) is 31.5 Å². The highest BCUT2D eigenvalue weighted by molar-refractivity contribution is 5.92. The lowest BCUT2D eigenvalue weighted by Crippen LogP contribution is -2.32. The fourth-order valence-electron chi connectivity index (χ4n) is 3.59. The van der Waals surface area contributed by atoms with Crippen molar-refractivity contribution < 1.29 is 4.79 Å². The van der Waals surface area contributed by atoms with Gasteiger partial charge in [0.25, 0.3) is 0 Å². The van der Waals surface area contributed by atoms with Crippen LogP contribution in [0.4, 0.5) is 5.69 Å². The van der Waals surface area contributed by atoms with Crippen molar-refractivity contribution in [3.63, 3.8) is 0 Å². The maximum atomic E-state index is 12.5. The number of amides is 1. The molecule has 0 aliphatic carbocycles. The second-order valence-corrected chi connectivity index (χ2v) is 7.63. The van der Waals surface area contributed by atoms with Gasteiger partial charge >= 0.3 is 0 Å². The van der Waals surface area contributed by atoms with Gasteiger partial charge in [-0.1, -0.05) is 25.1 Å². The van der Waals surface area contributed by atoms with Crippen LogP contribution in [0, 0.1) is 19.3 Å². The largest absolute Gasteiger partial charge is 0.330 e. The van der Waals surface area contributed by atoms with Crippen LogP contribution in [0.2, 0.25) is 0 Å². The highest BCUT2D eigenvalue weighted by Crippen LogP contribution is 2.28. The van der Waals surface area contributed by atoms with Crippen LogP contribution in [-0.4, -0.2) is 46.8 Å². The minimum atomic E-state index is 0.0326. The molecule has 1 aliphatic heterocycles. The average Bonchev–Trinajstić information content (AvgIpc) is 3.16. The number of aromatic nitrogens is 2. The summed E-state index contributed by atoms with van der Waals surface area (Å²) in [5.41, 5.74) is 9.63. The van der Waals surface area contributed by atoms with E-state index in [0.717, 1.165) is 48.8 Å². The van der Waals surface area contributed by atoms with Crippen LogP contribution in [0.15, 0.2) is 30.3 Å². The SMILES string of the molecule is Cc1nn(-c2ccccc2)c(C)c1NC(=O)CCN1CCC(C)(CN)C1. The standard InChI is InChI=1S/C20H29N5O/c1-15-19(16(2)25(23-15)17-7-5-4-6-8-17)22-18(26)9-11-24-12-10-20(3,13-21)14-24/h4-8H,9-14,21H2,1-3H3,(H,22,26). The van der Waals surface area contributed by atoms with Crippen LogP contribution >= 0.6 is 0 Å². The van der Waals surface area contributed by atoms with E-state index >= 15 is 0 Å². The van der Waals surface area contributed by atoms with Gasteiger partial charge in [0.15, 0.2) is 0 Å². The number of carbonyl (C=O) groups is 1. The van der Waals surface area contributed by atoms with E-state index in [4.69, 9.17) is 5.73 Å². The number of rotatable bonds is 6. The van der Waals surface area contributed by atoms with E-state index in [9.17, 15) is 4.79 Å². The lowest BCUT2D eigenvalue weighted by Gasteiger charge is -2.22. The average molecular weight is 355 g/mol. The van der Waals surface area contributed by atoms with Gasteiger partial charge < -0.3 is 16.0 Å². The van der Waals surface area contributed by atoms with Crippen molar-refractivity contribution in [3.05, 3.63) is 41.7 Å². The van der Waals surface area contributed by atoms with E-state index in [-0.39, 0.29) is 11.3 Å². The Morgan fingerprint density at radius 2 is 2.04 bits per heavy atom. The van der Waals surface area contributed by atoms with E-state index < -0.39 is 0 Å². The number of likely N-dealkylation sites (tertiary alicyclic amines) is 1. The molecule has 1 aromatic heterocycles. The number of hydrogen-bond donors (Lipinski definition) is 2. The predicted molar refractivity (Wildman–Crippen MR) is 105 cm³/mol. The van der Waals surface area contributed by atoms with Crippen molar-refractivity contribution >= 4 is 11.6 Å². The Morgan fingerprint density at radius 3 is 2.69 bits per heavy atom. The maximum absolute atomic E-state index is 12.5. The molecule has 1 aromatic carbocycles. The van der Waals surface area contributed by atoms with Crippen LogP contribution in [0.3, 0.4) is 0 Å². The van der Waals surface area contributed by atoms with E-state index in [0.29, 0.717) is 13.0 Å². The zero-order chi connectivity index (χ0) is 18.7. The molecule has 2 aromatic rings. The van der Waals surface area contributed by atoms with Gasteiger partial charge in [-0.15, -0.1) is 0 Å². The molecule has 140 valence electrons. The minimum Gasteiger partial charge on any atom is -0.330 e. The molecule has 1 amide bonds. The van der Waals surface area contributed by atoms with Gasteiger partial charge in [0.05, 0.1) is 22.8 Å². The van der Waals surface area contributed by atoms with Gasteiger partial charge in [0, 0.05) is 19.5 Å². The fourth-order valence-corrected chi connectivity index (χ4v) is 3.59. The first-order valence-electron chi connectivity index (χ1n) is 9.26. The van der Waals surface area contributed by atoms with E-state index in [1.807, 2.05) is 48.9 Å². The summed E-state index contributed by atoms with van der Waals surface area (Å²) in [7, 11) is 0. The molecule has 2 heterocycles. The van der Waals surface area contributed by atoms with Gasteiger partial charge in [-0.05, 0) is 50.9 Å². The maximum Gasteiger partial charge on any atom is 0.225 e. The van der Waals surface area contributed by atoms with E-state index in [1.165, 1.54) is 0 Å². The summed E-state index contributed by atoms with van der Waals surface area (Å²) < 4.78 is 1.87. The molecule has 1 saturated heterocycles. The molecule has 1 unspecified atom stereocenters. The number of aryl methyl sites for hydroxylation is 1. The monoisotopic (exact) mass is 355 g/mol. The lowest BCUT2D eigenvalue weighted by atomic mass is 9.90. The smallest absolute Gasteiger partial charge is 0.225 e. The minimum absolute atomic E-state index is 0.0326. The van der Waals surface area contributed by atoms with Crippen LogP contribution in [-0.2, 0) is 4.79 Å². The Bertz CT molecular complexity index is 770. The Labute approximate surface area is 155 Å². The van der Waals surface area contributed by atoms with Gasteiger partial charge in [-0.25, -0.2) is 4.68 Å². The first-order valence-corrected chi connectivity index (χ1v) is 9.26. The first-order chi connectivity index (χ1) is 12.4. The molecule has 1 atom stereocenters. The zero-order valence-corrected chi connectivity index (χ0v) is 16.0. The summed E-state index contributed by atoms with van der Waals surface area (Å²) in [4.78, 5) is 14.8. The van der Waals surface area contributed by atoms with Crippen LogP contribution in [0.5, 0.6) is 0 Å². The summed E-state index contributed by atoms with van der Waals surface area (Å²) >= 11 is 0. The van der Waals surface area contributed by atoms with E-state index in [1.54, 1.807) is 0 Å². The van der Waals surface area contributed by atoms with Crippen molar-refractivity contribution in [2.24, 2.45) is 11.1 Å². The Hall–Kier alpha value is -2.18. The van der Waals surface area contributed by atoms with Crippen LogP contribution in [0.25, 0.3) is 5.69 Å². The molecule has 3 N–H and O–H groups in total. The Morgan fingerprint density at radius 1 is 1.31 bits per heavy atom. The zero-order valence-electron chi connectivity index (χ0n) is 16.0. The van der Waals surface area contributed by atoms with Crippen LogP contribution in [0.1, 0.15) is 31.2 Å². The quantitative estimate of drug-likeness (QED) is 0.835. The molecule has 0 bridgehead atoms. The van der Waals surface area contributed by atoms with Gasteiger partial charge in [-0.3, -0.25) is 4.79 Å². The summed E-state index contributed by atoms with van der Waals surface area (Å²) in [6, 6.07) is 9.95. The second-order valence-electron chi connectivity index (χ2n) is 7.63. The number of benzene rings is 1. The molecular formula is C20H29N5O. The molecule has 1 fully saturated rings. The van der Waals surface area contributed by atoms with Gasteiger partial charge in [0.2, 0.25) is 5.91 Å². The third-order valence-corrected chi connectivity index (χ3v) is 5.34. The fraction of sp³-hybridized carbons (Fsp3) is 0.500. The van der Waals surface area contributed by atoms with Crippen molar-refractivity contribution in [2.45, 2.75) is 33.6 Å². The topological polar surface area (TPSA) is 76.2 Å². The second kappa shape index (κ2) is 7.60. The molecule has 6 heteroatoms. The highest BCUT2D eigenvalue weighted by Gasteiger charge is 2.32. The molecule has 0 spiro atoms.